The van der Waals surface area contributed by atoms with Gasteiger partial charge in [0.1, 0.15) is 12.4 Å². The van der Waals surface area contributed by atoms with Crippen LogP contribution in [0.3, 0.4) is 0 Å². The molecule has 0 unspecified atom stereocenters. The standard InChI is InChI=1S/C10H11F2NO/c11-10(12)6-14-9-2-1-7-4-13-5-8(7)3-9/h1-3,10,13H,4-6H2. The fourth-order valence-corrected chi connectivity index (χ4v) is 1.52. The van der Waals surface area contributed by atoms with Crippen LogP contribution in [0.2, 0.25) is 0 Å². The Hall–Kier alpha value is -1.16. The van der Waals surface area contributed by atoms with Crippen molar-refractivity contribution in [1.82, 2.24) is 5.32 Å². The molecule has 2 rings (SSSR count). The van der Waals surface area contributed by atoms with Crippen LogP contribution in [0, 0.1) is 0 Å². The molecule has 0 aromatic heterocycles. The molecule has 76 valence electrons. The van der Waals surface area contributed by atoms with Gasteiger partial charge in [-0.15, -0.1) is 0 Å². The normalized spacial score (nSPS) is 14.5. The minimum atomic E-state index is -2.42. The second kappa shape index (κ2) is 3.92. The molecule has 1 aromatic rings. The van der Waals surface area contributed by atoms with E-state index in [4.69, 9.17) is 4.74 Å². The molecular formula is C10H11F2NO. The molecule has 1 aliphatic rings. The molecular weight excluding hydrogens is 188 g/mol. The number of hydrogen-bond acceptors (Lipinski definition) is 2. The Bertz CT molecular complexity index is 328. The molecule has 1 aromatic carbocycles. The number of fused-ring (bicyclic) bond motifs is 1. The number of halogens is 2. The van der Waals surface area contributed by atoms with Crippen molar-refractivity contribution in [3.63, 3.8) is 0 Å². The van der Waals surface area contributed by atoms with Crippen LogP contribution < -0.4 is 10.1 Å². The summed E-state index contributed by atoms with van der Waals surface area (Å²) in [5.74, 6) is 0.521. The van der Waals surface area contributed by atoms with Crippen molar-refractivity contribution in [3.05, 3.63) is 29.3 Å². The van der Waals surface area contributed by atoms with E-state index < -0.39 is 13.0 Å². The first-order chi connectivity index (χ1) is 6.75. The van der Waals surface area contributed by atoms with Crippen molar-refractivity contribution in [1.29, 1.82) is 0 Å². The van der Waals surface area contributed by atoms with Crippen LogP contribution in [0.1, 0.15) is 11.1 Å². The molecule has 0 bridgehead atoms. The summed E-state index contributed by atoms with van der Waals surface area (Å²) >= 11 is 0. The Morgan fingerprint density at radius 3 is 2.86 bits per heavy atom. The fourth-order valence-electron chi connectivity index (χ4n) is 1.52. The average molecular weight is 199 g/mol. The van der Waals surface area contributed by atoms with E-state index in [2.05, 4.69) is 5.32 Å². The monoisotopic (exact) mass is 199 g/mol. The van der Waals surface area contributed by atoms with Crippen LogP contribution in [0.15, 0.2) is 18.2 Å². The maximum absolute atomic E-state index is 11.9. The first kappa shape index (κ1) is 9.40. The summed E-state index contributed by atoms with van der Waals surface area (Å²) in [5.41, 5.74) is 2.35. The Morgan fingerprint density at radius 2 is 2.07 bits per heavy atom. The lowest BCUT2D eigenvalue weighted by Gasteiger charge is -2.06. The lowest BCUT2D eigenvalue weighted by molar-refractivity contribution is 0.0818. The van der Waals surface area contributed by atoms with Crippen LogP contribution in [-0.2, 0) is 13.1 Å². The van der Waals surface area contributed by atoms with Gasteiger partial charge in [-0.05, 0) is 23.3 Å². The van der Waals surface area contributed by atoms with Crippen molar-refractivity contribution in [3.8, 4) is 5.75 Å². The fraction of sp³-hybridized carbons (Fsp3) is 0.400. The van der Waals surface area contributed by atoms with E-state index in [0.29, 0.717) is 5.75 Å². The van der Waals surface area contributed by atoms with Gasteiger partial charge < -0.3 is 10.1 Å². The van der Waals surface area contributed by atoms with Gasteiger partial charge in [0.15, 0.2) is 0 Å². The number of hydrogen-bond donors (Lipinski definition) is 1. The van der Waals surface area contributed by atoms with E-state index >= 15 is 0 Å². The van der Waals surface area contributed by atoms with Gasteiger partial charge in [0.05, 0.1) is 0 Å². The molecule has 0 atom stereocenters. The topological polar surface area (TPSA) is 21.3 Å². The highest BCUT2D eigenvalue weighted by Gasteiger charge is 2.11. The molecule has 0 radical (unpaired) electrons. The third kappa shape index (κ3) is 2.01. The molecule has 0 aliphatic carbocycles. The van der Waals surface area contributed by atoms with Crippen molar-refractivity contribution >= 4 is 0 Å². The van der Waals surface area contributed by atoms with E-state index in [-0.39, 0.29) is 0 Å². The number of ether oxygens (including phenoxy) is 1. The van der Waals surface area contributed by atoms with Gasteiger partial charge in [-0.3, -0.25) is 0 Å². The molecule has 0 saturated carbocycles. The zero-order chi connectivity index (χ0) is 9.97. The third-order valence-electron chi connectivity index (χ3n) is 2.18. The number of alkyl halides is 2. The SMILES string of the molecule is FC(F)COc1ccc2c(c1)CNC2. The van der Waals surface area contributed by atoms with E-state index in [1.807, 2.05) is 12.1 Å². The van der Waals surface area contributed by atoms with Crippen LogP contribution in [0.5, 0.6) is 5.75 Å². The minimum Gasteiger partial charge on any atom is -0.488 e. The summed E-state index contributed by atoms with van der Waals surface area (Å²) < 4.78 is 28.6. The van der Waals surface area contributed by atoms with Gasteiger partial charge in [-0.2, -0.15) is 0 Å². The maximum Gasteiger partial charge on any atom is 0.272 e. The van der Waals surface area contributed by atoms with Crippen molar-refractivity contribution in [2.24, 2.45) is 0 Å². The van der Waals surface area contributed by atoms with E-state index in [1.165, 1.54) is 5.56 Å². The maximum atomic E-state index is 11.9. The second-order valence-corrected chi connectivity index (χ2v) is 3.24. The average Bonchev–Trinajstić information content (AvgIpc) is 2.61. The van der Waals surface area contributed by atoms with E-state index in [9.17, 15) is 8.78 Å². The number of rotatable bonds is 3. The van der Waals surface area contributed by atoms with Gasteiger partial charge in [-0.1, -0.05) is 6.07 Å². The Kier molecular flexibility index (Phi) is 2.63. The van der Waals surface area contributed by atoms with Crippen molar-refractivity contribution < 1.29 is 13.5 Å². The molecule has 1 aliphatic heterocycles. The molecule has 4 heteroatoms. The smallest absolute Gasteiger partial charge is 0.272 e. The summed E-state index contributed by atoms with van der Waals surface area (Å²) in [6.07, 6.45) is -2.42. The molecule has 2 nitrogen and oxygen atoms in total. The third-order valence-corrected chi connectivity index (χ3v) is 2.18. The molecule has 0 amide bonds. The summed E-state index contributed by atoms with van der Waals surface area (Å²) in [6.45, 7) is 1.11. The molecule has 14 heavy (non-hydrogen) atoms. The lowest BCUT2D eigenvalue weighted by Crippen LogP contribution is -2.07. The molecule has 1 heterocycles. The van der Waals surface area contributed by atoms with Gasteiger partial charge in [0, 0.05) is 13.1 Å². The highest BCUT2D eigenvalue weighted by atomic mass is 19.3. The highest BCUT2D eigenvalue weighted by Crippen LogP contribution is 2.21. The van der Waals surface area contributed by atoms with Gasteiger partial charge >= 0.3 is 0 Å². The molecule has 1 N–H and O–H groups in total. The summed E-state index contributed by atoms with van der Waals surface area (Å²) in [6, 6.07) is 5.46. The largest absolute Gasteiger partial charge is 0.488 e. The summed E-state index contributed by atoms with van der Waals surface area (Å²) in [7, 11) is 0. The molecule has 0 spiro atoms. The van der Waals surface area contributed by atoms with Crippen LogP contribution in [0.25, 0.3) is 0 Å². The van der Waals surface area contributed by atoms with Crippen molar-refractivity contribution in [2.75, 3.05) is 6.61 Å². The van der Waals surface area contributed by atoms with E-state index in [0.717, 1.165) is 18.7 Å². The second-order valence-electron chi connectivity index (χ2n) is 3.24. The number of benzene rings is 1. The Balaban J connectivity index is 2.05. The zero-order valence-corrected chi connectivity index (χ0v) is 7.59. The van der Waals surface area contributed by atoms with E-state index in [1.54, 1.807) is 6.07 Å². The predicted octanol–water partition coefficient (Wildman–Crippen LogP) is 1.93. The van der Waals surface area contributed by atoms with Gasteiger partial charge in [0.25, 0.3) is 6.43 Å². The van der Waals surface area contributed by atoms with Crippen LogP contribution in [0.4, 0.5) is 8.78 Å². The quantitative estimate of drug-likeness (QED) is 0.803. The minimum absolute atomic E-state index is 0.521. The molecule has 0 fully saturated rings. The predicted molar refractivity (Wildman–Crippen MR) is 48.5 cm³/mol. The molecule has 0 saturated heterocycles. The van der Waals surface area contributed by atoms with Crippen molar-refractivity contribution in [2.45, 2.75) is 19.5 Å². The zero-order valence-electron chi connectivity index (χ0n) is 7.59. The van der Waals surface area contributed by atoms with Crippen LogP contribution in [-0.4, -0.2) is 13.0 Å². The highest BCUT2D eigenvalue weighted by molar-refractivity contribution is 5.37. The van der Waals surface area contributed by atoms with Crippen LogP contribution >= 0.6 is 0 Å². The van der Waals surface area contributed by atoms with Gasteiger partial charge in [-0.25, -0.2) is 8.78 Å². The Labute approximate surface area is 80.9 Å². The lowest BCUT2D eigenvalue weighted by atomic mass is 10.1. The Morgan fingerprint density at radius 1 is 1.29 bits per heavy atom. The summed E-state index contributed by atoms with van der Waals surface area (Å²) in [4.78, 5) is 0. The first-order valence-corrected chi connectivity index (χ1v) is 4.49. The first-order valence-electron chi connectivity index (χ1n) is 4.49. The van der Waals surface area contributed by atoms with Gasteiger partial charge in [0.2, 0.25) is 0 Å². The summed E-state index contributed by atoms with van der Waals surface area (Å²) in [5, 5.41) is 3.18. The number of nitrogens with one attached hydrogen (secondary N) is 1.